The zero-order valence-electron chi connectivity index (χ0n) is 32.4. The van der Waals surface area contributed by atoms with E-state index in [2.05, 4.69) is 9.36 Å². The third kappa shape index (κ3) is 11.1. The van der Waals surface area contributed by atoms with Crippen LogP contribution >= 0.6 is 23.1 Å². The Labute approximate surface area is 334 Å². The van der Waals surface area contributed by atoms with Gasteiger partial charge in [0.1, 0.15) is 39.7 Å². The summed E-state index contributed by atoms with van der Waals surface area (Å²) in [6, 6.07) is 9.83. The molecule has 0 N–H and O–H groups in total. The second kappa shape index (κ2) is 17.9. The highest BCUT2D eigenvalue weighted by Gasteiger charge is 2.34. The number of carbonyl (C=O) groups excluding carboxylic acids is 2. The predicted octanol–water partition coefficient (Wildman–Crippen LogP) is 8.67. The number of rotatable bonds is 14. The Hall–Kier alpha value is -4.94. The number of ether oxygens (including phenoxy) is 5. The average Bonchev–Trinajstić information content (AvgIpc) is 3.64. The normalized spacial score (nSPS) is 11.8. The lowest BCUT2D eigenvalue weighted by atomic mass is 10.2. The third-order valence-corrected chi connectivity index (χ3v) is 10.4. The van der Waals surface area contributed by atoms with Gasteiger partial charge in [-0.15, -0.1) is 0 Å². The number of benzene rings is 3. The van der Waals surface area contributed by atoms with Crippen LogP contribution in [0.5, 0.6) is 23.0 Å². The van der Waals surface area contributed by atoms with Gasteiger partial charge in [-0.05, 0) is 78.8 Å². The number of nitrogens with zero attached hydrogens (tertiary/aromatic N) is 5. The van der Waals surface area contributed by atoms with E-state index in [0.29, 0.717) is 23.4 Å². The Morgan fingerprint density at radius 1 is 0.839 bits per heavy atom. The number of aromatic nitrogens is 2. The van der Waals surface area contributed by atoms with Crippen molar-refractivity contribution in [3.63, 3.8) is 0 Å². The summed E-state index contributed by atoms with van der Waals surface area (Å²) in [6.45, 7) is 11.5. The van der Waals surface area contributed by atoms with Crippen LogP contribution in [0.15, 0.2) is 59.8 Å². The van der Waals surface area contributed by atoms with Gasteiger partial charge in [-0.1, -0.05) is 11.6 Å². The van der Waals surface area contributed by atoms with Crippen LogP contribution in [-0.4, -0.2) is 79.9 Å². The fourth-order valence-electron chi connectivity index (χ4n) is 5.03. The van der Waals surface area contributed by atoms with Gasteiger partial charge in [0.05, 0.1) is 26.5 Å². The van der Waals surface area contributed by atoms with Crippen molar-refractivity contribution >= 4 is 56.2 Å². The van der Waals surface area contributed by atoms with E-state index in [1.807, 2.05) is 0 Å². The Balaban J connectivity index is 1.73. The fraction of sp³-hybridized carbons (Fsp3) is 0.405. The SMILES string of the molecule is CCN(CCN(C(=O)OC(C)(C)C)c1cc(Cl)ccc1Oc1cc(F)c(S(=O)(=O)N(Cc2ccc(OC)cc2OC)c2ncns2)cc1F)C(=O)OC(C)(C)C. The average molecular weight is 840 g/mol. The molecular formula is C37H44ClF2N5O9S2. The molecule has 0 bridgehead atoms. The van der Waals surface area contributed by atoms with E-state index < -0.39 is 55.7 Å². The van der Waals surface area contributed by atoms with Gasteiger partial charge in [0.15, 0.2) is 17.3 Å². The number of halogens is 3. The van der Waals surface area contributed by atoms with Gasteiger partial charge in [0.2, 0.25) is 5.13 Å². The molecule has 0 atom stereocenters. The summed E-state index contributed by atoms with van der Waals surface area (Å²) < 4.78 is 92.5. The van der Waals surface area contributed by atoms with Gasteiger partial charge < -0.3 is 28.6 Å². The first kappa shape index (κ1) is 43.8. The maximum absolute atomic E-state index is 16.0. The van der Waals surface area contributed by atoms with Crippen LogP contribution in [0.25, 0.3) is 0 Å². The van der Waals surface area contributed by atoms with E-state index in [1.165, 1.54) is 37.3 Å². The topological polar surface area (TPSA) is 150 Å². The number of amides is 2. The zero-order chi connectivity index (χ0) is 41.6. The fourth-order valence-corrected chi connectivity index (χ4v) is 7.39. The summed E-state index contributed by atoms with van der Waals surface area (Å²) in [7, 11) is -2.00. The van der Waals surface area contributed by atoms with Crippen LogP contribution in [0.4, 0.5) is 29.2 Å². The quantitative estimate of drug-likeness (QED) is 0.120. The van der Waals surface area contributed by atoms with Crippen LogP contribution in [0.3, 0.4) is 0 Å². The minimum atomic E-state index is -4.84. The number of sulfonamides is 1. The Kier molecular flexibility index (Phi) is 14.0. The molecule has 0 fully saturated rings. The molecule has 4 rings (SSSR count). The maximum Gasteiger partial charge on any atom is 0.414 e. The highest BCUT2D eigenvalue weighted by atomic mass is 35.5. The number of hydrogen-bond acceptors (Lipinski definition) is 12. The summed E-state index contributed by atoms with van der Waals surface area (Å²) >= 11 is 7.09. The van der Waals surface area contributed by atoms with Crippen molar-refractivity contribution < 1.29 is 50.5 Å². The number of likely N-dealkylation sites (N-methyl/N-ethyl adjacent to an activating group) is 1. The molecule has 56 heavy (non-hydrogen) atoms. The third-order valence-electron chi connectivity index (χ3n) is 7.60. The largest absolute Gasteiger partial charge is 0.497 e. The van der Waals surface area contributed by atoms with Crippen molar-refractivity contribution in [3.05, 3.63) is 77.1 Å². The first-order valence-electron chi connectivity index (χ1n) is 17.1. The minimum Gasteiger partial charge on any atom is -0.497 e. The maximum atomic E-state index is 16.0. The number of carbonyl (C=O) groups is 2. The van der Waals surface area contributed by atoms with Gasteiger partial charge in [-0.3, -0.25) is 4.90 Å². The van der Waals surface area contributed by atoms with Crippen molar-refractivity contribution in [2.75, 3.05) is 43.1 Å². The van der Waals surface area contributed by atoms with Crippen molar-refractivity contribution in [2.24, 2.45) is 0 Å². The Bertz CT molecular complexity index is 2130. The molecule has 1 aromatic heterocycles. The lowest BCUT2D eigenvalue weighted by Gasteiger charge is -2.31. The lowest BCUT2D eigenvalue weighted by Crippen LogP contribution is -2.44. The van der Waals surface area contributed by atoms with Crippen LogP contribution in [0, 0.1) is 11.6 Å². The van der Waals surface area contributed by atoms with Gasteiger partial charge >= 0.3 is 12.2 Å². The molecule has 0 aliphatic heterocycles. The highest BCUT2D eigenvalue weighted by Crippen LogP contribution is 2.39. The minimum absolute atomic E-state index is 0.0145. The lowest BCUT2D eigenvalue weighted by molar-refractivity contribution is 0.0258. The van der Waals surface area contributed by atoms with Crippen molar-refractivity contribution in [3.8, 4) is 23.0 Å². The molecule has 0 spiro atoms. The smallest absolute Gasteiger partial charge is 0.414 e. The zero-order valence-corrected chi connectivity index (χ0v) is 34.8. The summed E-state index contributed by atoms with van der Waals surface area (Å²) in [6.07, 6.45) is -0.348. The van der Waals surface area contributed by atoms with E-state index in [0.717, 1.165) is 27.1 Å². The summed E-state index contributed by atoms with van der Waals surface area (Å²) in [5.74, 6) is -2.77. The molecule has 0 aliphatic rings. The molecule has 2 amide bonds. The van der Waals surface area contributed by atoms with E-state index in [9.17, 15) is 18.0 Å². The second-order valence-corrected chi connectivity index (χ2v) is 17.1. The molecule has 4 aromatic rings. The van der Waals surface area contributed by atoms with Crippen LogP contribution in [0.2, 0.25) is 5.02 Å². The molecule has 1 heterocycles. The first-order chi connectivity index (χ1) is 26.2. The molecule has 0 unspecified atom stereocenters. The molecule has 14 nitrogen and oxygen atoms in total. The van der Waals surface area contributed by atoms with E-state index >= 15 is 8.78 Å². The molecule has 19 heteroatoms. The van der Waals surface area contributed by atoms with Crippen LogP contribution in [0.1, 0.15) is 54.0 Å². The standard InChI is InChI=1S/C37H44ClF2N5O9S2/c1-10-43(34(46)53-36(2,3)4)15-16-44(35(47)54-37(5,6)7)28-17-24(38)12-14-29(28)52-31-19-27(40)32(20-26(31)39)56(48,49)45(33-41-22-42-55-33)21-23-11-13-25(50-8)18-30(23)51-9/h11-14,17-20,22H,10,15-16,21H2,1-9H3. The molecule has 304 valence electrons. The van der Waals surface area contributed by atoms with Gasteiger partial charge in [0, 0.05) is 60.0 Å². The molecule has 0 saturated carbocycles. The summed E-state index contributed by atoms with van der Waals surface area (Å²) in [5.41, 5.74) is -1.38. The predicted molar refractivity (Wildman–Crippen MR) is 208 cm³/mol. The molecule has 0 radical (unpaired) electrons. The Morgan fingerprint density at radius 2 is 1.52 bits per heavy atom. The number of methoxy groups -OCH3 is 2. The van der Waals surface area contributed by atoms with Crippen molar-refractivity contribution in [2.45, 2.75) is 71.1 Å². The number of hydrogen-bond donors (Lipinski definition) is 0. The monoisotopic (exact) mass is 839 g/mol. The Morgan fingerprint density at radius 3 is 2.11 bits per heavy atom. The van der Waals surface area contributed by atoms with Gasteiger partial charge in [-0.25, -0.2) is 36.1 Å². The molecule has 0 saturated heterocycles. The van der Waals surface area contributed by atoms with E-state index in [-0.39, 0.29) is 53.5 Å². The first-order valence-corrected chi connectivity index (χ1v) is 19.7. The van der Waals surface area contributed by atoms with Gasteiger partial charge in [-0.2, -0.15) is 4.37 Å². The number of anilines is 2. The summed E-state index contributed by atoms with van der Waals surface area (Å²) in [5, 5.41) is 0.0307. The molecular weight excluding hydrogens is 796 g/mol. The van der Waals surface area contributed by atoms with Crippen molar-refractivity contribution in [1.82, 2.24) is 14.3 Å². The molecule has 0 aliphatic carbocycles. The summed E-state index contributed by atoms with van der Waals surface area (Å²) in [4.78, 5) is 32.1. The van der Waals surface area contributed by atoms with Crippen molar-refractivity contribution in [1.29, 1.82) is 0 Å². The van der Waals surface area contributed by atoms with E-state index in [1.54, 1.807) is 66.7 Å². The second-order valence-electron chi connectivity index (χ2n) is 14.0. The van der Waals surface area contributed by atoms with E-state index in [4.69, 9.17) is 35.3 Å². The highest BCUT2D eigenvalue weighted by molar-refractivity contribution is 7.93. The van der Waals surface area contributed by atoms with Crippen LogP contribution < -0.4 is 23.4 Å². The molecule has 3 aromatic carbocycles. The van der Waals surface area contributed by atoms with Crippen LogP contribution in [-0.2, 0) is 26.0 Å². The van der Waals surface area contributed by atoms with Gasteiger partial charge in [0.25, 0.3) is 10.0 Å².